The first-order valence-corrected chi connectivity index (χ1v) is 13.9. The SMILES string of the molecule is CC(O)CNC(=O)c1c(Cc2ccc(I)cc2F)cc(F)cc1Oc1cccc(CS(=O)(=O)N(C)C)c1. The van der Waals surface area contributed by atoms with Crippen LogP contribution in [0.5, 0.6) is 11.5 Å². The van der Waals surface area contributed by atoms with Crippen LogP contribution in [-0.2, 0) is 22.2 Å². The number of carbonyl (C=O) groups is 1. The molecular formula is C26H27F2IN2O5S. The predicted molar refractivity (Wildman–Crippen MR) is 145 cm³/mol. The van der Waals surface area contributed by atoms with Gasteiger partial charge in [-0.1, -0.05) is 18.2 Å². The lowest BCUT2D eigenvalue weighted by molar-refractivity contribution is 0.0920. The summed E-state index contributed by atoms with van der Waals surface area (Å²) in [6.45, 7) is 1.43. The standard InChI is InChI=1S/C26H27F2IN2O5S/c1-16(32)14-30-26(33)25-19(10-18-7-8-21(29)13-23(18)28)11-20(27)12-24(25)36-22-6-4-5-17(9-22)15-37(34,35)31(2)3/h4-9,11-13,16,32H,10,14-15H2,1-3H3,(H,30,33). The number of carbonyl (C=O) groups excluding carboxylic acids is 1. The summed E-state index contributed by atoms with van der Waals surface area (Å²) in [5.74, 6) is -2.05. The summed E-state index contributed by atoms with van der Waals surface area (Å²) >= 11 is 1.98. The van der Waals surface area contributed by atoms with Gasteiger partial charge < -0.3 is 15.2 Å². The highest BCUT2D eigenvalue weighted by Crippen LogP contribution is 2.32. The molecule has 0 aliphatic rings. The lowest BCUT2D eigenvalue weighted by atomic mass is 9.97. The largest absolute Gasteiger partial charge is 0.456 e. The van der Waals surface area contributed by atoms with Gasteiger partial charge in [-0.2, -0.15) is 0 Å². The number of rotatable bonds is 10. The second-order valence-corrected chi connectivity index (χ2v) is 12.1. The number of hydrogen-bond donors (Lipinski definition) is 2. The van der Waals surface area contributed by atoms with E-state index in [1.165, 1.54) is 33.2 Å². The molecule has 0 spiro atoms. The maximum Gasteiger partial charge on any atom is 0.255 e. The van der Waals surface area contributed by atoms with Gasteiger partial charge in [0.05, 0.1) is 17.4 Å². The van der Waals surface area contributed by atoms with E-state index in [9.17, 15) is 27.1 Å². The second-order valence-electron chi connectivity index (χ2n) is 8.70. The molecule has 0 aliphatic heterocycles. The summed E-state index contributed by atoms with van der Waals surface area (Å²) in [5, 5.41) is 12.2. The molecule has 0 saturated carbocycles. The van der Waals surface area contributed by atoms with Gasteiger partial charge in [-0.05, 0) is 76.5 Å². The third-order valence-corrected chi connectivity index (χ3v) is 7.84. The van der Waals surface area contributed by atoms with Crippen molar-refractivity contribution in [2.75, 3.05) is 20.6 Å². The first kappa shape index (κ1) is 29.0. The Bertz CT molecular complexity index is 1400. The number of benzene rings is 3. The zero-order valence-corrected chi connectivity index (χ0v) is 23.4. The minimum absolute atomic E-state index is 0.0219. The van der Waals surface area contributed by atoms with E-state index in [4.69, 9.17) is 4.74 Å². The fourth-order valence-electron chi connectivity index (χ4n) is 3.48. The molecule has 2 N–H and O–H groups in total. The van der Waals surface area contributed by atoms with Crippen LogP contribution in [0, 0.1) is 15.2 Å². The summed E-state index contributed by atoms with van der Waals surface area (Å²) in [6, 6.07) is 13.0. The number of hydrogen-bond acceptors (Lipinski definition) is 5. The molecule has 0 saturated heterocycles. The highest BCUT2D eigenvalue weighted by molar-refractivity contribution is 14.1. The van der Waals surface area contributed by atoms with Gasteiger partial charge in [-0.25, -0.2) is 21.5 Å². The van der Waals surface area contributed by atoms with Crippen LogP contribution >= 0.6 is 22.6 Å². The van der Waals surface area contributed by atoms with Crippen LogP contribution < -0.4 is 10.1 Å². The quantitative estimate of drug-likeness (QED) is 0.318. The van der Waals surface area contributed by atoms with Crippen molar-refractivity contribution >= 4 is 38.5 Å². The van der Waals surface area contributed by atoms with E-state index in [0.29, 0.717) is 9.13 Å². The Hall–Kier alpha value is -2.61. The Kier molecular flexibility index (Phi) is 9.62. The summed E-state index contributed by atoms with van der Waals surface area (Å²) < 4.78 is 61.6. The van der Waals surface area contributed by atoms with Crippen molar-refractivity contribution in [3.05, 3.63) is 92.1 Å². The van der Waals surface area contributed by atoms with Crippen molar-refractivity contribution < 1.29 is 31.8 Å². The van der Waals surface area contributed by atoms with Crippen LogP contribution in [0.1, 0.15) is 34.0 Å². The van der Waals surface area contributed by atoms with Crippen LogP contribution in [-0.4, -0.2) is 50.5 Å². The number of amides is 1. The number of halogens is 3. The Morgan fingerprint density at radius 1 is 1.11 bits per heavy atom. The third kappa shape index (κ3) is 7.94. The molecule has 3 aromatic carbocycles. The van der Waals surface area contributed by atoms with Crippen LogP contribution in [0.15, 0.2) is 54.6 Å². The number of sulfonamides is 1. The third-order valence-electron chi connectivity index (χ3n) is 5.36. The van der Waals surface area contributed by atoms with E-state index < -0.39 is 33.7 Å². The van der Waals surface area contributed by atoms with Crippen molar-refractivity contribution in [3.8, 4) is 11.5 Å². The summed E-state index contributed by atoms with van der Waals surface area (Å²) in [5.41, 5.74) is 0.859. The Labute approximate surface area is 228 Å². The smallest absolute Gasteiger partial charge is 0.255 e. The number of ether oxygens (including phenoxy) is 1. The summed E-state index contributed by atoms with van der Waals surface area (Å²) in [4.78, 5) is 13.1. The van der Waals surface area contributed by atoms with E-state index in [0.717, 1.165) is 16.4 Å². The number of nitrogens with zero attached hydrogens (tertiary/aromatic N) is 1. The fourth-order valence-corrected chi connectivity index (χ4v) is 4.79. The molecular weight excluding hydrogens is 617 g/mol. The van der Waals surface area contributed by atoms with Crippen molar-refractivity contribution in [2.24, 2.45) is 0 Å². The molecule has 0 fully saturated rings. The van der Waals surface area contributed by atoms with E-state index in [-0.39, 0.29) is 46.9 Å². The van der Waals surface area contributed by atoms with E-state index in [2.05, 4.69) is 5.32 Å². The molecule has 3 aromatic rings. The first-order valence-electron chi connectivity index (χ1n) is 11.3. The summed E-state index contributed by atoms with van der Waals surface area (Å²) in [6.07, 6.45) is -0.920. The molecule has 11 heteroatoms. The van der Waals surface area contributed by atoms with Gasteiger partial charge in [-0.15, -0.1) is 0 Å². The molecule has 198 valence electrons. The topological polar surface area (TPSA) is 95.9 Å². The molecule has 0 aromatic heterocycles. The highest BCUT2D eigenvalue weighted by atomic mass is 127. The zero-order chi connectivity index (χ0) is 27.3. The molecule has 1 unspecified atom stereocenters. The Morgan fingerprint density at radius 3 is 2.49 bits per heavy atom. The molecule has 37 heavy (non-hydrogen) atoms. The van der Waals surface area contributed by atoms with Gasteiger partial charge in [0, 0.05) is 36.7 Å². The minimum Gasteiger partial charge on any atom is -0.456 e. The first-order chi connectivity index (χ1) is 17.4. The Morgan fingerprint density at radius 2 is 1.84 bits per heavy atom. The van der Waals surface area contributed by atoms with Gasteiger partial charge in [0.2, 0.25) is 10.0 Å². The lowest BCUT2D eigenvalue weighted by Crippen LogP contribution is -2.31. The molecule has 1 atom stereocenters. The van der Waals surface area contributed by atoms with Gasteiger partial charge in [0.1, 0.15) is 23.1 Å². The molecule has 1 amide bonds. The summed E-state index contributed by atoms with van der Waals surface area (Å²) in [7, 11) is -0.681. The molecule has 0 heterocycles. The predicted octanol–water partition coefficient (Wildman–Crippen LogP) is 4.45. The van der Waals surface area contributed by atoms with Crippen LogP contribution in [0.2, 0.25) is 0 Å². The van der Waals surface area contributed by atoms with Crippen LogP contribution in [0.3, 0.4) is 0 Å². The maximum absolute atomic E-state index is 14.7. The number of aliphatic hydroxyl groups excluding tert-OH is 1. The molecule has 0 aliphatic carbocycles. The van der Waals surface area contributed by atoms with Gasteiger partial charge in [-0.3, -0.25) is 4.79 Å². The van der Waals surface area contributed by atoms with Crippen molar-refractivity contribution in [1.29, 1.82) is 0 Å². The number of nitrogens with one attached hydrogen (secondary N) is 1. The highest BCUT2D eigenvalue weighted by Gasteiger charge is 2.22. The van der Waals surface area contributed by atoms with Crippen LogP contribution in [0.25, 0.3) is 0 Å². The monoisotopic (exact) mass is 644 g/mol. The fraction of sp³-hybridized carbons (Fsp3) is 0.269. The minimum atomic E-state index is -3.54. The second kappa shape index (κ2) is 12.3. The average Bonchev–Trinajstić information content (AvgIpc) is 2.79. The van der Waals surface area contributed by atoms with E-state index in [1.54, 1.807) is 30.3 Å². The molecule has 0 bridgehead atoms. The van der Waals surface area contributed by atoms with Gasteiger partial charge >= 0.3 is 0 Å². The van der Waals surface area contributed by atoms with Crippen molar-refractivity contribution in [1.82, 2.24) is 9.62 Å². The lowest BCUT2D eigenvalue weighted by Gasteiger charge is -2.17. The van der Waals surface area contributed by atoms with E-state index in [1.807, 2.05) is 22.6 Å². The normalized spacial score (nSPS) is 12.4. The van der Waals surface area contributed by atoms with Gasteiger partial charge in [0.15, 0.2) is 0 Å². The number of aliphatic hydroxyl groups is 1. The molecule has 3 rings (SSSR count). The van der Waals surface area contributed by atoms with Crippen molar-refractivity contribution in [2.45, 2.75) is 25.2 Å². The zero-order valence-electron chi connectivity index (χ0n) is 20.5. The van der Waals surface area contributed by atoms with E-state index >= 15 is 0 Å². The average molecular weight is 644 g/mol. The van der Waals surface area contributed by atoms with Crippen LogP contribution in [0.4, 0.5) is 8.78 Å². The molecule has 7 nitrogen and oxygen atoms in total. The molecule has 0 radical (unpaired) electrons. The van der Waals surface area contributed by atoms with Gasteiger partial charge in [0.25, 0.3) is 5.91 Å². The maximum atomic E-state index is 14.7. The Balaban J connectivity index is 2.04. The van der Waals surface area contributed by atoms with Crippen molar-refractivity contribution in [3.63, 3.8) is 0 Å².